The Hall–Kier alpha value is -0.770. The quantitative estimate of drug-likeness (QED) is 0.696. The van der Waals surface area contributed by atoms with Gasteiger partial charge < -0.3 is 16.2 Å². The summed E-state index contributed by atoms with van der Waals surface area (Å²) in [5.41, 5.74) is 6.26. The summed E-state index contributed by atoms with van der Waals surface area (Å²) >= 11 is 5.73. The third-order valence-corrected chi connectivity index (χ3v) is 2.14. The summed E-state index contributed by atoms with van der Waals surface area (Å²) in [5.74, 6) is 0. The van der Waals surface area contributed by atoms with Crippen molar-refractivity contribution in [2.45, 2.75) is 12.5 Å². The topological polar surface area (TPSA) is 58.3 Å². The van der Waals surface area contributed by atoms with Crippen LogP contribution in [-0.4, -0.2) is 24.3 Å². The fraction of sp³-hybridized carbons (Fsp3) is 0.400. The van der Waals surface area contributed by atoms with Crippen LogP contribution in [0, 0.1) is 0 Å². The van der Waals surface area contributed by atoms with E-state index in [9.17, 15) is 5.11 Å². The Bertz CT molecular complexity index is 263. The molecule has 0 amide bonds. The molecule has 1 atom stereocenters. The van der Waals surface area contributed by atoms with Gasteiger partial charge in [0.15, 0.2) is 0 Å². The number of rotatable bonds is 5. The van der Waals surface area contributed by atoms with Crippen molar-refractivity contribution >= 4 is 17.3 Å². The number of halogens is 1. The zero-order valence-electron chi connectivity index (χ0n) is 7.91. The Balaban J connectivity index is 2.34. The lowest BCUT2D eigenvalue weighted by Gasteiger charge is -2.11. The van der Waals surface area contributed by atoms with Gasteiger partial charge in [-0.05, 0) is 37.2 Å². The number of hydrogen-bond acceptors (Lipinski definition) is 3. The molecular formula is C10H15ClN2O. The van der Waals surface area contributed by atoms with Crippen molar-refractivity contribution in [1.82, 2.24) is 0 Å². The Morgan fingerprint density at radius 2 is 2.00 bits per heavy atom. The molecule has 1 rings (SSSR count). The van der Waals surface area contributed by atoms with Gasteiger partial charge in [-0.3, -0.25) is 0 Å². The lowest BCUT2D eigenvalue weighted by Crippen LogP contribution is -2.22. The van der Waals surface area contributed by atoms with Crippen LogP contribution >= 0.6 is 11.6 Å². The van der Waals surface area contributed by atoms with Gasteiger partial charge in [-0.1, -0.05) is 11.6 Å². The monoisotopic (exact) mass is 214 g/mol. The van der Waals surface area contributed by atoms with Gasteiger partial charge >= 0.3 is 0 Å². The molecule has 1 unspecified atom stereocenters. The molecular weight excluding hydrogens is 200 g/mol. The number of nitrogens with two attached hydrogens (primary N) is 1. The van der Waals surface area contributed by atoms with E-state index in [4.69, 9.17) is 17.3 Å². The highest BCUT2D eigenvalue weighted by molar-refractivity contribution is 6.30. The van der Waals surface area contributed by atoms with Crippen molar-refractivity contribution in [2.75, 3.05) is 18.4 Å². The minimum atomic E-state index is -0.393. The summed E-state index contributed by atoms with van der Waals surface area (Å²) in [5, 5.41) is 13.2. The van der Waals surface area contributed by atoms with Crippen molar-refractivity contribution in [2.24, 2.45) is 5.73 Å². The molecule has 0 spiro atoms. The van der Waals surface area contributed by atoms with Gasteiger partial charge in [0.1, 0.15) is 0 Å². The van der Waals surface area contributed by atoms with Crippen LogP contribution in [0.15, 0.2) is 24.3 Å². The van der Waals surface area contributed by atoms with E-state index in [1.807, 2.05) is 12.1 Å². The molecule has 4 N–H and O–H groups in total. The molecule has 0 bridgehead atoms. The van der Waals surface area contributed by atoms with Crippen LogP contribution in [-0.2, 0) is 0 Å². The third-order valence-electron chi connectivity index (χ3n) is 1.89. The van der Waals surface area contributed by atoms with Crippen molar-refractivity contribution in [3.05, 3.63) is 29.3 Å². The molecule has 0 aliphatic carbocycles. The number of aliphatic hydroxyl groups is 1. The Morgan fingerprint density at radius 3 is 2.57 bits per heavy atom. The van der Waals surface area contributed by atoms with E-state index in [1.165, 1.54) is 0 Å². The van der Waals surface area contributed by atoms with E-state index in [0.29, 0.717) is 24.5 Å². The first kappa shape index (κ1) is 11.3. The van der Waals surface area contributed by atoms with Gasteiger partial charge in [-0.25, -0.2) is 0 Å². The van der Waals surface area contributed by atoms with Crippen LogP contribution in [0.2, 0.25) is 5.02 Å². The van der Waals surface area contributed by atoms with Crippen molar-refractivity contribution in [1.29, 1.82) is 0 Å². The van der Waals surface area contributed by atoms with Gasteiger partial charge in [-0.2, -0.15) is 0 Å². The largest absolute Gasteiger partial charge is 0.391 e. The van der Waals surface area contributed by atoms with Gasteiger partial charge in [-0.15, -0.1) is 0 Å². The molecule has 0 radical (unpaired) electrons. The summed E-state index contributed by atoms with van der Waals surface area (Å²) in [6.45, 7) is 1.02. The SMILES string of the molecule is NCCC(O)CNc1ccc(Cl)cc1. The summed E-state index contributed by atoms with van der Waals surface area (Å²) in [6, 6.07) is 7.35. The average molecular weight is 215 g/mol. The molecule has 0 heterocycles. The third kappa shape index (κ3) is 3.96. The molecule has 14 heavy (non-hydrogen) atoms. The maximum absolute atomic E-state index is 9.40. The van der Waals surface area contributed by atoms with Crippen LogP contribution in [0.5, 0.6) is 0 Å². The van der Waals surface area contributed by atoms with Gasteiger partial charge in [0.05, 0.1) is 6.10 Å². The Labute approximate surface area is 88.9 Å². The molecule has 0 saturated carbocycles. The standard InChI is InChI=1S/C10H15ClN2O/c11-8-1-3-9(4-2-8)13-7-10(14)5-6-12/h1-4,10,13-14H,5-7,12H2. The fourth-order valence-corrected chi connectivity index (χ4v) is 1.22. The molecule has 1 aromatic carbocycles. The van der Waals surface area contributed by atoms with E-state index < -0.39 is 6.10 Å². The Kier molecular flexibility index (Phi) is 4.73. The van der Waals surface area contributed by atoms with E-state index in [0.717, 1.165) is 5.69 Å². The van der Waals surface area contributed by atoms with Crippen molar-refractivity contribution in [3.63, 3.8) is 0 Å². The second-order valence-electron chi connectivity index (χ2n) is 3.12. The maximum Gasteiger partial charge on any atom is 0.0724 e. The molecule has 0 aromatic heterocycles. The van der Waals surface area contributed by atoms with Crippen LogP contribution < -0.4 is 11.1 Å². The lowest BCUT2D eigenvalue weighted by atomic mass is 10.2. The van der Waals surface area contributed by atoms with E-state index >= 15 is 0 Å². The molecule has 3 nitrogen and oxygen atoms in total. The second-order valence-corrected chi connectivity index (χ2v) is 3.56. The predicted molar refractivity (Wildman–Crippen MR) is 59.6 cm³/mol. The van der Waals surface area contributed by atoms with E-state index in [1.54, 1.807) is 12.1 Å². The predicted octanol–water partition coefficient (Wildman–Crippen LogP) is 1.46. The fourth-order valence-electron chi connectivity index (χ4n) is 1.10. The minimum absolute atomic E-state index is 0.393. The summed E-state index contributed by atoms with van der Waals surface area (Å²) in [6.07, 6.45) is 0.219. The average Bonchev–Trinajstić information content (AvgIpc) is 2.17. The van der Waals surface area contributed by atoms with E-state index in [2.05, 4.69) is 5.32 Å². The molecule has 4 heteroatoms. The first-order valence-corrected chi connectivity index (χ1v) is 4.97. The summed E-state index contributed by atoms with van der Waals surface area (Å²) in [4.78, 5) is 0. The molecule has 1 aromatic rings. The first-order chi connectivity index (χ1) is 6.72. The molecule has 0 aliphatic rings. The van der Waals surface area contributed by atoms with Crippen LogP contribution in [0.3, 0.4) is 0 Å². The zero-order chi connectivity index (χ0) is 10.4. The highest BCUT2D eigenvalue weighted by Crippen LogP contribution is 2.13. The molecule has 0 aliphatic heterocycles. The zero-order valence-corrected chi connectivity index (χ0v) is 8.67. The highest BCUT2D eigenvalue weighted by atomic mass is 35.5. The second kappa shape index (κ2) is 5.86. The smallest absolute Gasteiger partial charge is 0.0724 e. The van der Waals surface area contributed by atoms with Crippen LogP contribution in [0.1, 0.15) is 6.42 Å². The number of nitrogens with one attached hydrogen (secondary N) is 1. The van der Waals surface area contributed by atoms with Crippen molar-refractivity contribution in [3.8, 4) is 0 Å². The maximum atomic E-state index is 9.40. The van der Waals surface area contributed by atoms with Crippen molar-refractivity contribution < 1.29 is 5.11 Å². The van der Waals surface area contributed by atoms with Gasteiger partial charge in [0, 0.05) is 17.3 Å². The van der Waals surface area contributed by atoms with Gasteiger partial charge in [0.25, 0.3) is 0 Å². The van der Waals surface area contributed by atoms with Crippen LogP contribution in [0.25, 0.3) is 0 Å². The lowest BCUT2D eigenvalue weighted by molar-refractivity contribution is 0.180. The number of hydrogen-bond donors (Lipinski definition) is 3. The molecule has 0 saturated heterocycles. The molecule has 78 valence electrons. The number of benzene rings is 1. The van der Waals surface area contributed by atoms with Gasteiger partial charge in [0.2, 0.25) is 0 Å². The summed E-state index contributed by atoms with van der Waals surface area (Å²) < 4.78 is 0. The van der Waals surface area contributed by atoms with E-state index in [-0.39, 0.29) is 0 Å². The summed E-state index contributed by atoms with van der Waals surface area (Å²) in [7, 11) is 0. The first-order valence-electron chi connectivity index (χ1n) is 4.60. The van der Waals surface area contributed by atoms with Crippen LogP contribution in [0.4, 0.5) is 5.69 Å². The highest BCUT2D eigenvalue weighted by Gasteiger charge is 2.01. The number of anilines is 1. The number of aliphatic hydroxyl groups excluding tert-OH is 1. The normalized spacial score (nSPS) is 12.5. The minimum Gasteiger partial charge on any atom is -0.391 e. The molecule has 0 fully saturated rings. The Morgan fingerprint density at radius 1 is 1.36 bits per heavy atom.